The number of amides is 1. The van der Waals surface area contributed by atoms with E-state index in [0.717, 1.165) is 10.3 Å². The van der Waals surface area contributed by atoms with Gasteiger partial charge in [0.25, 0.3) is 5.91 Å². The molecule has 6 N–H and O–H groups in total. The van der Waals surface area contributed by atoms with Crippen LogP contribution < -0.4 is 10.1 Å². The summed E-state index contributed by atoms with van der Waals surface area (Å²) >= 11 is 1.42. The van der Waals surface area contributed by atoms with Crippen molar-refractivity contribution in [2.75, 3.05) is 13.7 Å². The maximum atomic E-state index is 12.1. The van der Waals surface area contributed by atoms with Crippen molar-refractivity contribution in [3.8, 4) is 16.3 Å². The molecule has 0 aliphatic heterocycles. The zero-order valence-electron chi connectivity index (χ0n) is 16.5. The molecule has 9 nitrogen and oxygen atoms in total. The van der Waals surface area contributed by atoms with E-state index in [4.69, 9.17) is 4.74 Å². The van der Waals surface area contributed by atoms with Gasteiger partial charge in [-0.15, -0.1) is 11.3 Å². The molecule has 0 bridgehead atoms. The first-order valence-corrected chi connectivity index (χ1v) is 10.4. The highest BCUT2D eigenvalue weighted by atomic mass is 32.1. The summed E-state index contributed by atoms with van der Waals surface area (Å²) in [7, 11) is 1.56. The number of para-hydroxylation sites is 1. The lowest BCUT2D eigenvalue weighted by molar-refractivity contribution is -0.332. The van der Waals surface area contributed by atoms with Crippen molar-refractivity contribution in [3.63, 3.8) is 0 Å². The Kier molecular flexibility index (Phi) is 5.69. The van der Waals surface area contributed by atoms with Crippen LogP contribution in [0.2, 0.25) is 0 Å². The monoisotopic (exact) mass is 446 g/mol. The fourth-order valence-corrected chi connectivity index (χ4v) is 4.74. The van der Waals surface area contributed by atoms with Crippen molar-refractivity contribution >= 4 is 27.5 Å². The number of aliphatic hydroxyl groups is 5. The van der Waals surface area contributed by atoms with Gasteiger partial charge in [-0.3, -0.25) is 4.79 Å². The molecule has 1 saturated carbocycles. The van der Waals surface area contributed by atoms with Crippen LogP contribution in [0.1, 0.15) is 10.4 Å². The minimum absolute atomic E-state index is 0.210. The number of nitrogens with one attached hydrogen (secondary N) is 1. The van der Waals surface area contributed by atoms with Crippen LogP contribution in [0.25, 0.3) is 20.8 Å². The standard InChI is InChI=1S/C21H22N2O7S/c1-22-18(27)12-3-2-4-14-15(12)23-19(31-14)10-5-7-11(8-6-10)30-20(28)21(29)13(9-24)16(25)17(21)26/h2-8,13,16-17,20,24-26,28-29H,9H2,1H3,(H,22,27). The van der Waals surface area contributed by atoms with Gasteiger partial charge in [-0.2, -0.15) is 0 Å². The summed E-state index contributed by atoms with van der Waals surface area (Å²) in [6.45, 7) is -0.621. The van der Waals surface area contributed by atoms with Crippen LogP contribution in [-0.4, -0.2) is 74.2 Å². The van der Waals surface area contributed by atoms with Crippen molar-refractivity contribution in [2.45, 2.75) is 24.1 Å². The van der Waals surface area contributed by atoms with E-state index in [1.807, 2.05) is 6.07 Å². The Morgan fingerprint density at radius 2 is 1.97 bits per heavy atom. The highest BCUT2D eigenvalue weighted by Crippen LogP contribution is 2.42. The predicted molar refractivity (Wildman–Crippen MR) is 113 cm³/mol. The zero-order chi connectivity index (χ0) is 22.3. The van der Waals surface area contributed by atoms with Crippen LogP contribution >= 0.6 is 11.3 Å². The Labute approximate surface area is 181 Å². The van der Waals surface area contributed by atoms with Crippen molar-refractivity contribution in [2.24, 2.45) is 5.92 Å². The van der Waals surface area contributed by atoms with E-state index in [0.29, 0.717) is 16.1 Å². The summed E-state index contributed by atoms with van der Waals surface area (Å²) in [5.74, 6) is -1.14. The number of aromatic nitrogens is 1. The van der Waals surface area contributed by atoms with Gasteiger partial charge in [0.2, 0.25) is 6.29 Å². The third-order valence-electron chi connectivity index (χ3n) is 5.64. The van der Waals surface area contributed by atoms with Crippen molar-refractivity contribution in [3.05, 3.63) is 48.0 Å². The van der Waals surface area contributed by atoms with Gasteiger partial charge >= 0.3 is 0 Å². The molecule has 1 heterocycles. The Hall–Kier alpha value is -2.60. The molecular formula is C21H22N2O7S. The quantitative estimate of drug-likeness (QED) is 0.292. The summed E-state index contributed by atoms with van der Waals surface area (Å²) < 4.78 is 6.20. The first kappa shape index (κ1) is 21.6. The Morgan fingerprint density at radius 1 is 1.26 bits per heavy atom. The Balaban J connectivity index is 1.54. The summed E-state index contributed by atoms with van der Waals surface area (Å²) in [6.07, 6.45) is -4.85. The average molecular weight is 446 g/mol. The van der Waals surface area contributed by atoms with Crippen molar-refractivity contribution in [1.29, 1.82) is 0 Å². The van der Waals surface area contributed by atoms with Crippen LogP contribution in [0.4, 0.5) is 0 Å². The van der Waals surface area contributed by atoms with E-state index in [1.54, 1.807) is 43.4 Å². The third-order valence-corrected chi connectivity index (χ3v) is 6.71. The highest BCUT2D eigenvalue weighted by molar-refractivity contribution is 7.21. The normalized spacial score (nSPS) is 26.3. The molecule has 1 aliphatic carbocycles. The van der Waals surface area contributed by atoms with Gasteiger partial charge in [0.15, 0.2) is 5.60 Å². The molecule has 1 amide bonds. The number of carbonyl (C=O) groups excluding carboxylic acids is 1. The zero-order valence-corrected chi connectivity index (χ0v) is 17.3. The number of hydrogen-bond acceptors (Lipinski definition) is 9. The number of fused-ring (bicyclic) bond motifs is 1. The maximum Gasteiger partial charge on any atom is 0.253 e. The highest BCUT2D eigenvalue weighted by Gasteiger charge is 2.65. The van der Waals surface area contributed by atoms with Gasteiger partial charge in [-0.25, -0.2) is 4.98 Å². The number of nitrogens with zero attached hydrogens (tertiary/aromatic N) is 1. The van der Waals surface area contributed by atoms with Gasteiger partial charge in [0.1, 0.15) is 16.9 Å². The van der Waals surface area contributed by atoms with E-state index in [1.165, 1.54) is 11.3 Å². The van der Waals surface area contributed by atoms with Crippen molar-refractivity contribution < 1.29 is 35.1 Å². The summed E-state index contributed by atoms with van der Waals surface area (Å²) in [6, 6.07) is 11.9. The number of aliphatic hydroxyl groups excluding tert-OH is 4. The molecule has 5 unspecified atom stereocenters. The number of carbonyl (C=O) groups is 1. The lowest BCUT2D eigenvalue weighted by Gasteiger charge is -2.53. The van der Waals surface area contributed by atoms with Gasteiger partial charge in [0, 0.05) is 18.5 Å². The first-order chi connectivity index (χ1) is 14.8. The molecule has 0 spiro atoms. The Morgan fingerprint density at radius 3 is 2.61 bits per heavy atom. The largest absolute Gasteiger partial charge is 0.462 e. The fraction of sp³-hybridized carbons (Fsp3) is 0.333. The second kappa shape index (κ2) is 8.15. The minimum Gasteiger partial charge on any atom is -0.462 e. The lowest BCUT2D eigenvalue weighted by atomic mass is 9.64. The van der Waals surface area contributed by atoms with Crippen LogP contribution in [0.3, 0.4) is 0 Å². The molecular weight excluding hydrogens is 424 g/mol. The molecule has 3 aromatic rings. The fourth-order valence-electron chi connectivity index (χ4n) is 3.74. The van der Waals surface area contributed by atoms with E-state index in [9.17, 15) is 30.3 Å². The average Bonchev–Trinajstić information content (AvgIpc) is 3.23. The second-order valence-electron chi connectivity index (χ2n) is 7.36. The molecule has 4 rings (SSSR count). The number of benzene rings is 2. The molecule has 164 valence electrons. The van der Waals surface area contributed by atoms with E-state index >= 15 is 0 Å². The first-order valence-electron chi connectivity index (χ1n) is 9.57. The van der Waals surface area contributed by atoms with Crippen LogP contribution in [0.5, 0.6) is 5.75 Å². The summed E-state index contributed by atoms with van der Waals surface area (Å²) in [5.41, 5.74) is -0.335. The molecule has 5 atom stereocenters. The van der Waals surface area contributed by atoms with Gasteiger partial charge < -0.3 is 35.6 Å². The number of thiazole rings is 1. The molecule has 1 aliphatic rings. The van der Waals surface area contributed by atoms with E-state index < -0.39 is 36.6 Å². The number of rotatable bonds is 6. The molecule has 1 aromatic heterocycles. The molecule has 0 radical (unpaired) electrons. The second-order valence-corrected chi connectivity index (χ2v) is 8.39. The van der Waals surface area contributed by atoms with Crippen LogP contribution in [-0.2, 0) is 0 Å². The topological polar surface area (TPSA) is 152 Å². The lowest BCUT2D eigenvalue weighted by Crippen LogP contribution is -2.76. The van der Waals surface area contributed by atoms with Crippen molar-refractivity contribution in [1.82, 2.24) is 10.3 Å². The molecule has 10 heteroatoms. The summed E-state index contributed by atoms with van der Waals surface area (Å²) in [4.78, 5) is 16.6. The Bertz CT molecular complexity index is 1100. The molecule has 0 saturated heterocycles. The molecule has 2 aromatic carbocycles. The minimum atomic E-state index is -2.18. The maximum absolute atomic E-state index is 12.1. The van der Waals surface area contributed by atoms with E-state index in [2.05, 4.69) is 10.3 Å². The number of hydrogen-bond donors (Lipinski definition) is 6. The predicted octanol–water partition coefficient (Wildman–Crippen LogP) is 0.0951. The third kappa shape index (κ3) is 3.47. The van der Waals surface area contributed by atoms with Crippen LogP contribution in [0, 0.1) is 5.92 Å². The number of ether oxygens (including phenoxy) is 1. The molecule has 31 heavy (non-hydrogen) atoms. The smallest absolute Gasteiger partial charge is 0.253 e. The van der Waals surface area contributed by atoms with Gasteiger partial charge in [-0.05, 0) is 36.4 Å². The molecule has 1 fully saturated rings. The van der Waals surface area contributed by atoms with Gasteiger partial charge in [0.05, 0.1) is 28.5 Å². The SMILES string of the molecule is CNC(=O)c1cccc2sc(-c3ccc(OC(O)C4(O)C(O)C(O)C4CO)cc3)nc12. The summed E-state index contributed by atoms with van der Waals surface area (Å²) in [5, 5.41) is 52.8. The van der Waals surface area contributed by atoms with E-state index in [-0.39, 0.29) is 11.7 Å². The van der Waals surface area contributed by atoms with Crippen LogP contribution in [0.15, 0.2) is 42.5 Å². The van der Waals surface area contributed by atoms with Gasteiger partial charge in [-0.1, -0.05) is 6.07 Å².